The first-order valence-corrected chi connectivity index (χ1v) is 5.94. The van der Waals surface area contributed by atoms with Gasteiger partial charge in [0.1, 0.15) is 0 Å². The van der Waals surface area contributed by atoms with Crippen molar-refractivity contribution < 1.29 is 17.9 Å². The second-order valence-electron chi connectivity index (χ2n) is 2.80. The van der Waals surface area contributed by atoms with Crippen molar-refractivity contribution in [3.8, 4) is 0 Å². The van der Waals surface area contributed by atoms with E-state index < -0.39 is 16.1 Å². The Bertz CT molecular complexity index is 515. The van der Waals surface area contributed by atoms with Crippen LogP contribution in [-0.2, 0) is 14.8 Å². The molecule has 0 aliphatic carbocycles. The van der Waals surface area contributed by atoms with Gasteiger partial charge in [0.2, 0.25) is 10.0 Å². The SMILES string of the molecule is COC(=O)Nc1ccc(S(N)(=O)=O)cc1Cl. The molecule has 0 radical (unpaired) electrons. The molecule has 0 bridgehead atoms. The van der Waals surface area contributed by atoms with E-state index in [1.165, 1.54) is 19.2 Å². The maximum Gasteiger partial charge on any atom is 0.411 e. The Morgan fingerprint density at radius 3 is 2.56 bits per heavy atom. The van der Waals surface area contributed by atoms with E-state index in [0.717, 1.165) is 6.07 Å². The lowest BCUT2D eigenvalue weighted by Gasteiger charge is -2.06. The first-order chi connectivity index (χ1) is 7.34. The summed E-state index contributed by atoms with van der Waals surface area (Å²) in [4.78, 5) is 10.7. The number of anilines is 1. The van der Waals surface area contributed by atoms with Crippen molar-refractivity contribution in [2.45, 2.75) is 4.90 Å². The first-order valence-electron chi connectivity index (χ1n) is 4.02. The molecular weight excluding hydrogens is 256 g/mol. The van der Waals surface area contributed by atoms with Gasteiger partial charge >= 0.3 is 6.09 Å². The molecule has 0 atom stereocenters. The molecule has 0 saturated heterocycles. The molecule has 0 fully saturated rings. The molecule has 0 unspecified atom stereocenters. The fourth-order valence-corrected chi connectivity index (χ4v) is 1.77. The number of nitrogens with one attached hydrogen (secondary N) is 1. The number of hydrogen-bond acceptors (Lipinski definition) is 4. The molecule has 0 saturated carbocycles. The van der Waals surface area contributed by atoms with E-state index >= 15 is 0 Å². The van der Waals surface area contributed by atoms with E-state index in [4.69, 9.17) is 16.7 Å². The smallest absolute Gasteiger partial charge is 0.411 e. The summed E-state index contributed by atoms with van der Waals surface area (Å²) in [6.07, 6.45) is -0.703. The van der Waals surface area contributed by atoms with E-state index in [1.807, 2.05) is 0 Å². The number of methoxy groups -OCH3 is 1. The minimum Gasteiger partial charge on any atom is -0.453 e. The summed E-state index contributed by atoms with van der Waals surface area (Å²) in [6, 6.07) is 3.69. The second-order valence-corrected chi connectivity index (χ2v) is 4.77. The normalized spacial score (nSPS) is 10.9. The largest absolute Gasteiger partial charge is 0.453 e. The minimum absolute atomic E-state index is 0.0527. The highest BCUT2D eigenvalue weighted by Gasteiger charge is 2.11. The average molecular weight is 265 g/mol. The lowest BCUT2D eigenvalue weighted by molar-refractivity contribution is 0.187. The van der Waals surface area contributed by atoms with Crippen LogP contribution in [0.2, 0.25) is 5.02 Å². The molecule has 1 amide bonds. The zero-order valence-corrected chi connectivity index (χ0v) is 9.80. The number of primary sulfonamides is 1. The Morgan fingerprint density at radius 2 is 2.12 bits per heavy atom. The van der Waals surface area contributed by atoms with Crippen LogP contribution in [-0.4, -0.2) is 21.6 Å². The number of benzene rings is 1. The van der Waals surface area contributed by atoms with Crippen LogP contribution in [0.25, 0.3) is 0 Å². The topological polar surface area (TPSA) is 98.5 Å². The van der Waals surface area contributed by atoms with E-state index in [1.54, 1.807) is 0 Å². The highest BCUT2D eigenvalue weighted by atomic mass is 35.5. The number of nitrogens with two attached hydrogens (primary N) is 1. The Hall–Kier alpha value is -1.31. The van der Waals surface area contributed by atoms with Crippen LogP contribution in [0.15, 0.2) is 23.1 Å². The maximum absolute atomic E-state index is 11.0. The van der Waals surface area contributed by atoms with Crippen molar-refractivity contribution in [1.29, 1.82) is 0 Å². The maximum atomic E-state index is 11.0. The number of sulfonamides is 1. The fraction of sp³-hybridized carbons (Fsp3) is 0.125. The summed E-state index contributed by atoms with van der Waals surface area (Å²) >= 11 is 5.75. The van der Waals surface area contributed by atoms with Crippen molar-refractivity contribution >= 4 is 33.4 Å². The molecular formula is C8H9ClN2O4S. The molecule has 16 heavy (non-hydrogen) atoms. The number of amides is 1. The van der Waals surface area contributed by atoms with Crippen LogP contribution in [0.5, 0.6) is 0 Å². The van der Waals surface area contributed by atoms with Gasteiger partial charge in [-0.15, -0.1) is 0 Å². The number of carbonyl (C=O) groups excluding carboxylic acids is 1. The second kappa shape index (κ2) is 4.69. The molecule has 0 aromatic heterocycles. The molecule has 0 aliphatic heterocycles. The van der Waals surface area contributed by atoms with Gasteiger partial charge < -0.3 is 4.74 Å². The van der Waals surface area contributed by atoms with E-state index in [2.05, 4.69) is 10.1 Å². The zero-order chi connectivity index (χ0) is 12.3. The first kappa shape index (κ1) is 12.8. The van der Waals surface area contributed by atoms with E-state index in [0.29, 0.717) is 0 Å². The number of ether oxygens (including phenoxy) is 1. The van der Waals surface area contributed by atoms with Crippen LogP contribution < -0.4 is 10.5 Å². The number of rotatable bonds is 2. The zero-order valence-electron chi connectivity index (χ0n) is 8.23. The Balaban J connectivity index is 3.06. The van der Waals surface area contributed by atoms with Crippen molar-refractivity contribution in [2.75, 3.05) is 12.4 Å². The Kier molecular flexibility index (Phi) is 3.74. The van der Waals surface area contributed by atoms with Gasteiger partial charge in [-0.1, -0.05) is 11.6 Å². The monoisotopic (exact) mass is 264 g/mol. The fourth-order valence-electron chi connectivity index (χ4n) is 0.935. The van der Waals surface area contributed by atoms with Crippen LogP contribution in [0.1, 0.15) is 0 Å². The summed E-state index contributed by atoms with van der Waals surface area (Å²) in [5.74, 6) is 0. The molecule has 1 aromatic rings. The van der Waals surface area contributed by atoms with Gasteiger partial charge in [-0.3, -0.25) is 5.32 Å². The van der Waals surface area contributed by atoms with Gasteiger partial charge in [-0.2, -0.15) is 0 Å². The predicted octanol–water partition coefficient (Wildman–Crippen LogP) is 1.17. The van der Waals surface area contributed by atoms with Gasteiger partial charge in [0.05, 0.1) is 22.7 Å². The van der Waals surface area contributed by atoms with Crippen molar-refractivity contribution in [3.05, 3.63) is 23.2 Å². The molecule has 0 spiro atoms. The van der Waals surface area contributed by atoms with Gasteiger partial charge in [-0.25, -0.2) is 18.4 Å². The minimum atomic E-state index is -3.80. The standard InChI is InChI=1S/C8H9ClN2O4S/c1-15-8(12)11-7-3-2-5(4-6(7)9)16(10,13)14/h2-4H,1H3,(H,11,12)(H2,10,13,14). The molecule has 3 N–H and O–H groups in total. The third kappa shape index (κ3) is 3.09. The van der Waals surface area contributed by atoms with Crippen molar-refractivity contribution in [3.63, 3.8) is 0 Å². The summed E-state index contributed by atoms with van der Waals surface area (Å²) in [5.41, 5.74) is 0.237. The Morgan fingerprint density at radius 1 is 1.50 bits per heavy atom. The molecule has 88 valence electrons. The summed E-state index contributed by atoms with van der Waals surface area (Å²) in [5, 5.41) is 7.27. The van der Waals surface area contributed by atoms with Crippen molar-refractivity contribution in [1.82, 2.24) is 0 Å². The number of carbonyl (C=O) groups is 1. The predicted molar refractivity (Wildman–Crippen MR) is 58.9 cm³/mol. The third-order valence-corrected chi connectivity index (χ3v) is 2.91. The van der Waals surface area contributed by atoms with Crippen LogP contribution in [0, 0.1) is 0 Å². The summed E-state index contributed by atoms with van der Waals surface area (Å²) in [6.45, 7) is 0. The lowest BCUT2D eigenvalue weighted by atomic mass is 10.3. The highest BCUT2D eigenvalue weighted by Crippen LogP contribution is 2.24. The lowest BCUT2D eigenvalue weighted by Crippen LogP contribution is -2.14. The van der Waals surface area contributed by atoms with Gasteiger partial charge in [0.25, 0.3) is 0 Å². The average Bonchev–Trinajstić information content (AvgIpc) is 2.19. The molecule has 0 heterocycles. The Labute approximate surface area is 97.4 Å². The van der Waals surface area contributed by atoms with Crippen molar-refractivity contribution in [2.24, 2.45) is 5.14 Å². The van der Waals surface area contributed by atoms with Gasteiger partial charge in [-0.05, 0) is 18.2 Å². The highest BCUT2D eigenvalue weighted by molar-refractivity contribution is 7.89. The quantitative estimate of drug-likeness (QED) is 0.837. The van der Waals surface area contributed by atoms with E-state index in [-0.39, 0.29) is 15.6 Å². The van der Waals surface area contributed by atoms with Crippen LogP contribution in [0.4, 0.5) is 10.5 Å². The van der Waals surface area contributed by atoms with Crippen LogP contribution in [0.3, 0.4) is 0 Å². The molecule has 1 aromatic carbocycles. The number of halogens is 1. The summed E-state index contributed by atoms with van der Waals surface area (Å²) in [7, 11) is -2.61. The van der Waals surface area contributed by atoms with Gasteiger partial charge in [0.15, 0.2) is 0 Å². The third-order valence-electron chi connectivity index (χ3n) is 1.69. The molecule has 6 nitrogen and oxygen atoms in total. The molecule has 1 rings (SSSR count). The van der Waals surface area contributed by atoms with Gasteiger partial charge in [0, 0.05) is 0 Å². The van der Waals surface area contributed by atoms with Crippen LogP contribution >= 0.6 is 11.6 Å². The molecule has 0 aliphatic rings. The van der Waals surface area contributed by atoms with E-state index in [9.17, 15) is 13.2 Å². The summed E-state index contributed by atoms with van der Waals surface area (Å²) < 4.78 is 26.3. The number of hydrogen-bond donors (Lipinski definition) is 2. The molecule has 8 heteroatoms.